The zero-order valence-electron chi connectivity index (χ0n) is 17.6. The molecule has 0 unspecified atom stereocenters. The smallest absolute Gasteiger partial charge is 0.255 e. The molecule has 10 heteroatoms. The quantitative estimate of drug-likeness (QED) is 0.220. The second kappa shape index (κ2) is 11.8. The molecule has 3 aromatic carbocycles. The van der Waals surface area contributed by atoms with Gasteiger partial charge in [0, 0.05) is 20.9 Å². The number of benzene rings is 3. The average Bonchev–Trinajstić information content (AvgIpc) is 2.81. The highest BCUT2D eigenvalue weighted by molar-refractivity contribution is 9.10. The molecule has 0 radical (unpaired) electrons. The number of hydrazone groups is 1. The topological polar surface area (TPSA) is 78.8 Å². The van der Waals surface area contributed by atoms with E-state index in [0.29, 0.717) is 10.6 Å². The highest BCUT2D eigenvalue weighted by atomic mass is 79.9. The molecular weight excluding hydrogens is 546 g/mol. The number of halogens is 2. The van der Waals surface area contributed by atoms with Gasteiger partial charge in [-0.05, 0) is 65.9 Å². The van der Waals surface area contributed by atoms with Crippen molar-refractivity contribution in [2.75, 3.05) is 12.8 Å². The van der Waals surface area contributed by atoms with E-state index in [9.17, 15) is 13.2 Å². The lowest BCUT2D eigenvalue weighted by atomic mass is 10.2. The lowest BCUT2D eigenvalue weighted by molar-refractivity contribution is -0.121. The van der Waals surface area contributed by atoms with Crippen molar-refractivity contribution in [3.63, 3.8) is 0 Å². The first-order valence-corrected chi connectivity index (χ1v) is 13.6. The number of hydrogen-bond donors (Lipinski definition) is 1. The third kappa shape index (κ3) is 7.41. The van der Waals surface area contributed by atoms with Gasteiger partial charge in [0.15, 0.2) is 0 Å². The van der Waals surface area contributed by atoms with E-state index in [-0.39, 0.29) is 11.4 Å². The molecule has 3 rings (SSSR count). The molecule has 33 heavy (non-hydrogen) atoms. The van der Waals surface area contributed by atoms with E-state index in [1.165, 1.54) is 18.3 Å². The summed E-state index contributed by atoms with van der Waals surface area (Å²) in [5.41, 5.74) is 3.92. The van der Waals surface area contributed by atoms with Crippen LogP contribution in [0.5, 0.6) is 0 Å². The number of sulfonamides is 1. The predicted molar refractivity (Wildman–Crippen MR) is 137 cm³/mol. The van der Waals surface area contributed by atoms with Gasteiger partial charge in [-0.3, -0.25) is 4.79 Å². The molecule has 0 spiro atoms. The van der Waals surface area contributed by atoms with Crippen LogP contribution in [0.15, 0.2) is 92.2 Å². The minimum Gasteiger partial charge on any atom is -0.272 e. The number of amides is 1. The zero-order valence-corrected chi connectivity index (χ0v) is 21.6. The molecule has 0 heterocycles. The van der Waals surface area contributed by atoms with E-state index in [0.717, 1.165) is 19.2 Å². The number of nitrogens with one attached hydrogen (secondary N) is 1. The van der Waals surface area contributed by atoms with Gasteiger partial charge in [0.1, 0.15) is 0 Å². The number of hydrogen-bond acceptors (Lipinski definition) is 5. The van der Waals surface area contributed by atoms with E-state index in [2.05, 4.69) is 26.5 Å². The molecule has 1 N–H and O–H groups in total. The average molecular weight is 567 g/mol. The summed E-state index contributed by atoms with van der Waals surface area (Å²) in [6, 6.07) is 20.7. The van der Waals surface area contributed by atoms with Crippen LogP contribution in [0.25, 0.3) is 0 Å². The van der Waals surface area contributed by atoms with Gasteiger partial charge in [-0.15, -0.1) is 11.8 Å². The summed E-state index contributed by atoms with van der Waals surface area (Å²) >= 11 is 10.9. The first-order chi connectivity index (χ1) is 15.8. The molecule has 0 aliphatic carbocycles. The lowest BCUT2D eigenvalue weighted by Crippen LogP contribution is -2.39. The van der Waals surface area contributed by atoms with Gasteiger partial charge < -0.3 is 0 Å². The van der Waals surface area contributed by atoms with Crippen LogP contribution in [0, 0.1) is 0 Å². The Hall–Kier alpha value is -2.17. The maximum atomic E-state index is 13.3. The maximum absolute atomic E-state index is 13.3. The Balaban J connectivity index is 1.76. The normalized spacial score (nSPS) is 11.8. The Labute approximate surface area is 211 Å². The highest BCUT2D eigenvalue weighted by Crippen LogP contribution is 2.21. The van der Waals surface area contributed by atoms with E-state index in [1.54, 1.807) is 48.2 Å². The SMILES string of the molecule is CSc1ccc(/C=N\NC(=O)CN(Cc2ccc(Cl)cc2)S(=O)(=O)c2ccc(Br)cc2)cc1. The van der Waals surface area contributed by atoms with Gasteiger partial charge in [-0.2, -0.15) is 9.41 Å². The molecule has 0 aliphatic rings. The molecule has 0 fully saturated rings. The van der Waals surface area contributed by atoms with Crippen LogP contribution < -0.4 is 5.43 Å². The summed E-state index contributed by atoms with van der Waals surface area (Å²) in [5, 5.41) is 4.50. The molecule has 6 nitrogen and oxygen atoms in total. The molecule has 0 atom stereocenters. The van der Waals surface area contributed by atoms with Crippen LogP contribution in [0.4, 0.5) is 0 Å². The third-order valence-corrected chi connectivity index (χ3v) is 7.89. The van der Waals surface area contributed by atoms with Crippen LogP contribution in [-0.4, -0.2) is 37.6 Å². The van der Waals surface area contributed by atoms with Crippen molar-refractivity contribution in [1.29, 1.82) is 0 Å². The molecule has 0 saturated heterocycles. The third-order valence-electron chi connectivity index (χ3n) is 4.56. The first-order valence-electron chi connectivity index (χ1n) is 9.74. The van der Waals surface area contributed by atoms with E-state index in [1.807, 2.05) is 30.5 Å². The number of rotatable bonds is 9. The lowest BCUT2D eigenvalue weighted by Gasteiger charge is -2.21. The van der Waals surface area contributed by atoms with Crippen molar-refractivity contribution in [2.24, 2.45) is 5.10 Å². The second-order valence-corrected chi connectivity index (χ2v) is 11.1. The highest BCUT2D eigenvalue weighted by Gasteiger charge is 2.27. The van der Waals surface area contributed by atoms with Crippen molar-refractivity contribution in [1.82, 2.24) is 9.73 Å². The zero-order chi connectivity index (χ0) is 23.8. The fraction of sp³-hybridized carbons (Fsp3) is 0.130. The largest absolute Gasteiger partial charge is 0.272 e. The predicted octanol–water partition coefficient (Wildman–Crippen LogP) is 5.17. The molecule has 1 amide bonds. The van der Waals surface area contributed by atoms with Crippen LogP contribution in [-0.2, 0) is 21.4 Å². The summed E-state index contributed by atoms with van der Waals surface area (Å²) in [6.45, 7) is -0.396. The standard InChI is InChI=1S/C23H21BrClN3O3S2/c1-32-21-10-4-17(5-11-21)14-26-27-23(29)16-28(15-18-2-8-20(25)9-3-18)33(30,31)22-12-6-19(24)7-13-22/h2-14H,15-16H2,1H3,(H,27,29)/b26-14-. The Bertz CT molecular complexity index is 1220. The number of carbonyl (C=O) groups is 1. The molecule has 0 bridgehead atoms. The van der Waals surface area contributed by atoms with Gasteiger partial charge in [0.05, 0.1) is 17.7 Å². The molecule has 0 aromatic heterocycles. The van der Waals surface area contributed by atoms with Crippen molar-refractivity contribution >= 4 is 61.4 Å². The van der Waals surface area contributed by atoms with E-state index >= 15 is 0 Å². The van der Waals surface area contributed by atoms with E-state index < -0.39 is 22.5 Å². The summed E-state index contributed by atoms with van der Waals surface area (Å²) < 4.78 is 28.4. The Morgan fingerprint density at radius 1 is 1.06 bits per heavy atom. The summed E-state index contributed by atoms with van der Waals surface area (Å²) in [4.78, 5) is 13.8. The van der Waals surface area contributed by atoms with Crippen molar-refractivity contribution in [3.8, 4) is 0 Å². The van der Waals surface area contributed by atoms with Gasteiger partial charge >= 0.3 is 0 Å². The van der Waals surface area contributed by atoms with Gasteiger partial charge in [-0.1, -0.05) is 51.8 Å². The minimum atomic E-state index is -3.94. The fourth-order valence-electron chi connectivity index (χ4n) is 2.84. The molecular formula is C23H21BrClN3O3S2. The number of thioether (sulfide) groups is 1. The Kier molecular flexibility index (Phi) is 9.10. The number of nitrogens with zero attached hydrogens (tertiary/aromatic N) is 2. The molecule has 0 saturated carbocycles. The van der Waals surface area contributed by atoms with Gasteiger partial charge in [-0.25, -0.2) is 13.8 Å². The van der Waals surface area contributed by atoms with Crippen LogP contribution in [0.1, 0.15) is 11.1 Å². The molecule has 172 valence electrons. The second-order valence-electron chi connectivity index (χ2n) is 6.92. The number of carbonyl (C=O) groups excluding carboxylic acids is 1. The van der Waals surface area contributed by atoms with Crippen molar-refractivity contribution in [3.05, 3.63) is 93.4 Å². The molecule has 0 aliphatic heterocycles. The molecule has 3 aromatic rings. The Morgan fingerprint density at radius 3 is 2.30 bits per heavy atom. The fourth-order valence-corrected chi connectivity index (χ4v) is 5.02. The Morgan fingerprint density at radius 2 is 1.70 bits per heavy atom. The van der Waals surface area contributed by atoms with Crippen molar-refractivity contribution in [2.45, 2.75) is 16.3 Å². The van der Waals surface area contributed by atoms with Crippen molar-refractivity contribution < 1.29 is 13.2 Å². The van der Waals surface area contributed by atoms with Gasteiger partial charge in [0.25, 0.3) is 5.91 Å². The summed E-state index contributed by atoms with van der Waals surface area (Å²) in [5.74, 6) is -0.554. The minimum absolute atomic E-state index is 0.00282. The van der Waals surface area contributed by atoms with E-state index in [4.69, 9.17) is 11.6 Å². The van der Waals surface area contributed by atoms with Crippen LogP contribution in [0.3, 0.4) is 0 Å². The maximum Gasteiger partial charge on any atom is 0.255 e. The summed E-state index contributed by atoms with van der Waals surface area (Å²) in [7, 11) is -3.94. The van der Waals surface area contributed by atoms with Crippen LogP contribution >= 0.6 is 39.3 Å². The first kappa shape index (κ1) is 25.5. The van der Waals surface area contributed by atoms with Gasteiger partial charge in [0.2, 0.25) is 10.0 Å². The monoisotopic (exact) mass is 565 g/mol. The van der Waals surface area contributed by atoms with Crippen LogP contribution in [0.2, 0.25) is 5.02 Å². The summed E-state index contributed by atoms with van der Waals surface area (Å²) in [6.07, 6.45) is 3.50.